The van der Waals surface area contributed by atoms with Crippen LogP contribution < -0.4 is 11.2 Å². The Bertz CT molecular complexity index is 459. The predicted molar refractivity (Wildman–Crippen MR) is 84.4 cm³/mol. The summed E-state index contributed by atoms with van der Waals surface area (Å²) in [6.07, 6.45) is 6.78. The molecule has 1 fully saturated rings. The Balaban J connectivity index is 2.05. The van der Waals surface area contributed by atoms with Gasteiger partial charge in [0.1, 0.15) is 0 Å². The maximum atomic E-state index is 5.35. The Hall–Kier alpha value is -1.42. The Morgan fingerprint density at radius 2 is 1.84 bits per heavy atom. The third-order valence-electron chi connectivity index (χ3n) is 3.74. The van der Waals surface area contributed by atoms with Gasteiger partial charge in [-0.1, -0.05) is 43.5 Å². The minimum atomic E-state index is 0.193. The zero-order valence-corrected chi connectivity index (χ0v) is 12.2. The largest absolute Gasteiger partial charge is 0.375 e. The zero-order valence-electron chi connectivity index (χ0n) is 11.4. The highest BCUT2D eigenvalue weighted by Crippen LogP contribution is 2.32. The maximum Gasteiger partial charge on any atom is 0.184 e. The van der Waals surface area contributed by atoms with Crippen LogP contribution in [0.15, 0.2) is 29.4 Å². The molecular formula is C15H21N3S. The lowest BCUT2D eigenvalue weighted by Gasteiger charge is -2.22. The van der Waals surface area contributed by atoms with E-state index in [4.69, 9.17) is 18.0 Å². The van der Waals surface area contributed by atoms with E-state index < -0.39 is 0 Å². The summed E-state index contributed by atoms with van der Waals surface area (Å²) in [7, 11) is 0. The smallest absolute Gasteiger partial charge is 0.184 e. The van der Waals surface area contributed by atoms with Crippen molar-refractivity contribution in [1.29, 1.82) is 0 Å². The molecule has 0 amide bonds. The van der Waals surface area contributed by atoms with Gasteiger partial charge in [-0.3, -0.25) is 5.43 Å². The van der Waals surface area contributed by atoms with Crippen LogP contribution in [-0.4, -0.2) is 10.8 Å². The van der Waals surface area contributed by atoms with Crippen LogP contribution in [0.3, 0.4) is 0 Å². The number of benzene rings is 1. The van der Waals surface area contributed by atoms with Crippen molar-refractivity contribution in [3.8, 4) is 0 Å². The summed E-state index contributed by atoms with van der Waals surface area (Å²) < 4.78 is 0. The van der Waals surface area contributed by atoms with Crippen molar-refractivity contribution in [3.63, 3.8) is 0 Å². The Morgan fingerprint density at radius 1 is 1.21 bits per heavy atom. The highest BCUT2D eigenvalue weighted by atomic mass is 32.1. The van der Waals surface area contributed by atoms with E-state index in [1.807, 2.05) is 6.92 Å². The van der Waals surface area contributed by atoms with E-state index >= 15 is 0 Å². The van der Waals surface area contributed by atoms with E-state index in [-0.39, 0.29) is 5.11 Å². The molecule has 3 N–H and O–H groups in total. The molecule has 0 aliphatic heterocycles. The van der Waals surface area contributed by atoms with Gasteiger partial charge in [0.2, 0.25) is 0 Å². The molecule has 1 aliphatic rings. The molecule has 1 aromatic carbocycles. The average Bonchev–Trinajstić information content (AvgIpc) is 2.46. The summed E-state index contributed by atoms with van der Waals surface area (Å²) in [4.78, 5) is 0. The Morgan fingerprint density at radius 3 is 2.42 bits per heavy atom. The quantitative estimate of drug-likeness (QED) is 0.505. The summed E-state index contributed by atoms with van der Waals surface area (Å²) in [5.74, 6) is 0.745. The third kappa shape index (κ3) is 4.03. The molecule has 102 valence electrons. The highest BCUT2D eigenvalue weighted by Gasteiger charge is 2.15. The van der Waals surface area contributed by atoms with E-state index in [1.165, 1.54) is 37.7 Å². The minimum absolute atomic E-state index is 0.193. The average molecular weight is 275 g/mol. The molecule has 4 heteroatoms. The first-order valence-electron chi connectivity index (χ1n) is 6.87. The minimum Gasteiger partial charge on any atom is -0.375 e. The Kier molecular flexibility index (Phi) is 4.91. The molecular weight excluding hydrogens is 254 g/mol. The SMILES string of the molecule is C/C(=N\NC(N)=S)c1ccc(C2CCCCC2)cc1. The number of thiocarbonyl (C=S) groups is 1. The van der Waals surface area contributed by atoms with Gasteiger partial charge in [0.15, 0.2) is 5.11 Å². The number of hydrazone groups is 1. The number of nitrogens with zero attached hydrogens (tertiary/aromatic N) is 1. The topological polar surface area (TPSA) is 50.4 Å². The second-order valence-corrected chi connectivity index (χ2v) is 5.57. The number of hydrogen-bond acceptors (Lipinski definition) is 2. The standard InChI is InChI=1S/C15H21N3S/c1-11(17-18-15(16)19)12-7-9-14(10-8-12)13-5-3-2-4-6-13/h7-10,13H,2-6H2,1H3,(H3,16,18,19)/b17-11+. The second-order valence-electron chi connectivity index (χ2n) is 5.13. The fraction of sp³-hybridized carbons (Fsp3) is 0.467. The number of nitrogens with two attached hydrogens (primary N) is 1. The lowest BCUT2D eigenvalue weighted by molar-refractivity contribution is 0.443. The van der Waals surface area contributed by atoms with Crippen LogP contribution in [0.5, 0.6) is 0 Å². The second kappa shape index (κ2) is 6.66. The first-order valence-corrected chi connectivity index (χ1v) is 7.27. The van der Waals surface area contributed by atoms with Crippen molar-refractivity contribution >= 4 is 23.0 Å². The van der Waals surface area contributed by atoms with Crippen molar-refractivity contribution in [2.24, 2.45) is 10.8 Å². The molecule has 1 aliphatic carbocycles. The van der Waals surface area contributed by atoms with Gasteiger partial charge >= 0.3 is 0 Å². The van der Waals surface area contributed by atoms with E-state index in [2.05, 4.69) is 34.8 Å². The molecule has 0 atom stereocenters. The summed E-state index contributed by atoms with van der Waals surface area (Å²) in [5, 5.41) is 4.33. The molecule has 3 nitrogen and oxygen atoms in total. The van der Waals surface area contributed by atoms with E-state index in [0.29, 0.717) is 0 Å². The number of rotatable bonds is 3. The summed E-state index contributed by atoms with van der Waals surface area (Å²) >= 11 is 4.73. The molecule has 2 rings (SSSR count). The third-order valence-corrected chi connectivity index (χ3v) is 3.83. The molecule has 0 saturated heterocycles. The lowest BCUT2D eigenvalue weighted by Crippen LogP contribution is -2.25. The first-order chi connectivity index (χ1) is 9.16. The van der Waals surface area contributed by atoms with Crippen molar-refractivity contribution in [2.45, 2.75) is 44.9 Å². The van der Waals surface area contributed by atoms with Gasteiger partial charge in [0, 0.05) is 0 Å². The summed E-state index contributed by atoms with van der Waals surface area (Å²) in [6, 6.07) is 8.71. The summed E-state index contributed by atoms with van der Waals surface area (Å²) in [5.41, 5.74) is 11.4. The van der Waals surface area contributed by atoms with Gasteiger partial charge in [-0.25, -0.2) is 0 Å². The summed E-state index contributed by atoms with van der Waals surface area (Å²) in [6.45, 7) is 1.95. The van der Waals surface area contributed by atoms with Crippen LogP contribution in [-0.2, 0) is 0 Å². The van der Waals surface area contributed by atoms with Crippen molar-refractivity contribution < 1.29 is 0 Å². The van der Waals surface area contributed by atoms with Crippen LogP contribution >= 0.6 is 12.2 Å². The van der Waals surface area contributed by atoms with E-state index in [0.717, 1.165) is 17.2 Å². The Labute approximate surface area is 120 Å². The molecule has 0 heterocycles. The van der Waals surface area contributed by atoms with Gasteiger partial charge in [-0.15, -0.1) is 0 Å². The molecule has 1 aromatic rings. The van der Waals surface area contributed by atoms with Gasteiger partial charge < -0.3 is 5.73 Å². The molecule has 0 unspecified atom stereocenters. The van der Waals surface area contributed by atoms with E-state index in [9.17, 15) is 0 Å². The van der Waals surface area contributed by atoms with E-state index in [1.54, 1.807) is 0 Å². The highest BCUT2D eigenvalue weighted by molar-refractivity contribution is 7.80. The van der Waals surface area contributed by atoms with Crippen LogP contribution in [0.1, 0.15) is 56.1 Å². The van der Waals surface area contributed by atoms with Crippen molar-refractivity contribution in [1.82, 2.24) is 5.43 Å². The van der Waals surface area contributed by atoms with Crippen LogP contribution in [0.2, 0.25) is 0 Å². The lowest BCUT2D eigenvalue weighted by atomic mass is 9.84. The molecule has 0 radical (unpaired) electrons. The van der Waals surface area contributed by atoms with Crippen LogP contribution in [0.4, 0.5) is 0 Å². The molecule has 1 saturated carbocycles. The number of nitrogens with one attached hydrogen (secondary N) is 1. The van der Waals surface area contributed by atoms with Crippen LogP contribution in [0, 0.1) is 0 Å². The van der Waals surface area contributed by atoms with Gasteiger partial charge in [-0.05, 0) is 49.0 Å². The fourth-order valence-electron chi connectivity index (χ4n) is 2.64. The van der Waals surface area contributed by atoms with Crippen molar-refractivity contribution in [3.05, 3.63) is 35.4 Å². The maximum absolute atomic E-state index is 5.35. The molecule has 19 heavy (non-hydrogen) atoms. The van der Waals surface area contributed by atoms with Gasteiger partial charge in [0.25, 0.3) is 0 Å². The molecule has 0 bridgehead atoms. The molecule has 0 spiro atoms. The zero-order chi connectivity index (χ0) is 13.7. The molecule has 0 aromatic heterocycles. The van der Waals surface area contributed by atoms with Crippen molar-refractivity contribution in [2.75, 3.05) is 0 Å². The normalized spacial score (nSPS) is 17.2. The fourth-order valence-corrected chi connectivity index (χ4v) is 2.68. The first kappa shape index (κ1) is 14.0. The monoisotopic (exact) mass is 275 g/mol. The number of hydrogen-bond donors (Lipinski definition) is 2. The predicted octanol–water partition coefficient (Wildman–Crippen LogP) is 3.29. The van der Waals surface area contributed by atoms with Gasteiger partial charge in [-0.2, -0.15) is 5.10 Å². The van der Waals surface area contributed by atoms with Crippen LogP contribution in [0.25, 0.3) is 0 Å². The van der Waals surface area contributed by atoms with Gasteiger partial charge in [0.05, 0.1) is 5.71 Å².